The average molecular weight is 272 g/mol. The van der Waals surface area contributed by atoms with Crippen LogP contribution in [0.5, 0.6) is 0 Å². The van der Waals surface area contributed by atoms with E-state index >= 15 is 0 Å². The molecular weight excluding hydrogens is 244 g/mol. The minimum atomic E-state index is -0.0898. The maximum absolute atomic E-state index is 5.95. The molecule has 0 amide bonds. The Balaban J connectivity index is 1.71. The van der Waals surface area contributed by atoms with Gasteiger partial charge in [-0.05, 0) is 19.3 Å². The van der Waals surface area contributed by atoms with Crippen molar-refractivity contribution in [1.82, 2.24) is 0 Å². The molecule has 0 unspecified atom stereocenters. The van der Waals surface area contributed by atoms with Crippen molar-refractivity contribution in [2.75, 3.05) is 39.6 Å². The Morgan fingerprint density at radius 2 is 1.26 bits per heavy atom. The maximum atomic E-state index is 5.95. The molecule has 0 atom stereocenters. The van der Waals surface area contributed by atoms with E-state index in [0.717, 1.165) is 58.9 Å². The van der Waals surface area contributed by atoms with E-state index < -0.39 is 0 Å². The fourth-order valence-corrected chi connectivity index (χ4v) is 2.38. The zero-order valence-electron chi connectivity index (χ0n) is 12.6. The summed E-state index contributed by atoms with van der Waals surface area (Å²) >= 11 is 0. The Bertz CT molecular complexity index is 234. The molecule has 0 bridgehead atoms. The summed E-state index contributed by atoms with van der Waals surface area (Å²) in [4.78, 5) is 0. The first-order valence-electron chi connectivity index (χ1n) is 7.56. The first-order valence-corrected chi connectivity index (χ1v) is 7.56. The van der Waals surface area contributed by atoms with E-state index in [1.807, 2.05) is 0 Å². The minimum Gasteiger partial charge on any atom is -0.380 e. The van der Waals surface area contributed by atoms with Crippen LogP contribution in [0.2, 0.25) is 0 Å². The Morgan fingerprint density at radius 1 is 0.842 bits per heavy atom. The molecule has 2 saturated heterocycles. The van der Waals surface area contributed by atoms with Gasteiger partial charge in [-0.3, -0.25) is 0 Å². The molecule has 0 radical (unpaired) electrons. The van der Waals surface area contributed by atoms with E-state index in [1.54, 1.807) is 0 Å². The summed E-state index contributed by atoms with van der Waals surface area (Å²) in [5.41, 5.74) is 0.470. The van der Waals surface area contributed by atoms with Crippen molar-refractivity contribution in [2.24, 2.45) is 10.8 Å². The van der Waals surface area contributed by atoms with Crippen LogP contribution >= 0.6 is 0 Å². The summed E-state index contributed by atoms with van der Waals surface area (Å²) in [6, 6.07) is 0. The highest BCUT2D eigenvalue weighted by atomic mass is 16.7. The van der Waals surface area contributed by atoms with Gasteiger partial charge in [0.2, 0.25) is 0 Å². The highest BCUT2D eigenvalue weighted by Crippen LogP contribution is 2.34. The Hall–Kier alpha value is -0.160. The van der Waals surface area contributed by atoms with Gasteiger partial charge in [0.05, 0.1) is 39.6 Å². The Kier molecular flexibility index (Phi) is 5.23. The van der Waals surface area contributed by atoms with Crippen molar-refractivity contribution in [2.45, 2.75) is 46.3 Å². The quantitative estimate of drug-likeness (QED) is 0.605. The maximum Gasteiger partial charge on any atom is 0.157 e. The monoisotopic (exact) mass is 272 g/mol. The number of rotatable bonds is 9. The normalized spacial score (nSPS) is 24.0. The van der Waals surface area contributed by atoms with Gasteiger partial charge in [-0.1, -0.05) is 20.8 Å². The zero-order valence-corrected chi connectivity index (χ0v) is 12.6. The fourth-order valence-electron chi connectivity index (χ4n) is 2.38. The molecule has 0 N–H and O–H groups in total. The molecule has 0 aromatic rings. The summed E-state index contributed by atoms with van der Waals surface area (Å²) in [5.74, 6) is 0. The fraction of sp³-hybridized carbons (Fsp3) is 1.00. The van der Waals surface area contributed by atoms with Crippen LogP contribution in [-0.4, -0.2) is 45.9 Å². The van der Waals surface area contributed by atoms with E-state index in [4.69, 9.17) is 18.9 Å². The largest absolute Gasteiger partial charge is 0.380 e. The third-order valence-corrected chi connectivity index (χ3v) is 4.62. The molecule has 4 nitrogen and oxygen atoms in total. The van der Waals surface area contributed by atoms with Gasteiger partial charge < -0.3 is 18.9 Å². The number of hydrogen-bond acceptors (Lipinski definition) is 4. The molecule has 4 heteroatoms. The first kappa shape index (κ1) is 15.2. The van der Waals surface area contributed by atoms with E-state index in [9.17, 15) is 0 Å². The average Bonchev–Trinajstić information content (AvgIpc) is 2.34. The molecule has 2 aliphatic rings. The molecule has 2 rings (SSSR count). The van der Waals surface area contributed by atoms with E-state index in [-0.39, 0.29) is 17.1 Å². The molecule has 19 heavy (non-hydrogen) atoms. The molecule has 0 aromatic carbocycles. The predicted octanol–water partition coefficient (Wildman–Crippen LogP) is 2.61. The molecule has 0 aromatic heterocycles. The van der Waals surface area contributed by atoms with E-state index in [1.165, 1.54) is 0 Å². The lowest BCUT2D eigenvalue weighted by atomic mass is 9.84. The SMILES string of the molecule is CCC(OCC1(CC)COC1)OCC1(CC)COC1. The molecule has 112 valence electrons. The summed E-state index contributed by atoms with van der Waals surface area (Å²) in [5, 5.41) is 0. The molecule has 2 aliphatic heterocycles. The second kappa shape index (κ2) is 6.53. The van der Waals surface area contributed by atoms with Crippen LogP contribution in [0.25, 0.3) is 0 Å². The van der Waals surface area contributed by atoms with E-state index in [0.29, 0.717) is 0 Å². The van der Waals surface area contributed by atoms with Crippen molar-refractivity contribution in [1.29, 1.82) is 0 Å². The Morgan fingerprint density at radius 3 is 1.47 bits per heavy atom. The van der Waals surface area contributed by atoms with Crippen LogP contribution < -0.4 is 0 Å². The topological polar surface area (TPSA) is 36.9 Å². The highest BCUT2D eigenvalue weighted by Gasteiger charge is 2.39. The van der Waals surface area contributed by atoms with Gasteiger partial charge >= 0.3 is 0 Å². The van der Waals surface area contributed by atoms with Gasteiger partial charge in [-0.15, -0.1) is 0 Å². The summed E-state index contributed by atoms with van der Waals surface area (Å²) < 4.78 is 22.5. The van der Waals surface area contributed by atoms with Crippen LogP contribution in [-0.2, 0) is 18.9 Å². The molecule has 0 spiro atoms. The smallest absolute Gasteiger partial charge is 0.157 e. The standard InChI is InChI=1S/C15H28O4/c1-4-13(18-11-14(5-2)7-16-8-14)19-12-15(6-3)9-17-10-15/h13H,4-12H2,1-3H3. The lowest BCUT2D eigenvalue weighted by Gasteiger charge is -2.43. The van der Waals surface area contributed by atoms with Crippen molar-refractivity contribution in [3.8, 4) is 0 Å². The molecule has 2 heterocycles. The van der Waals surface area contributed by atoms with Crippen LogP contribution in [0.4, 0.5) is 0 Å². The van der Waals surface area contributed by atoms with Gasteiger partial charge in [-0.25, -0.2) is 0 Å². The highest BCUT2D eigenvalue weighted by molar-refractivity contribution is 4.85. The second-order valence-corrected chi connectivity index (χ2v) is 6.15. The van der Waals surface area contributed by atoms with Crippen LogP contribution in [0, 0.1) is 10.8 Å². The third kappa shape index (κ3) is 3.48. The van der Waals surface area contributed by atoms with Crippen molar-refractivity contribution in [3.63, 3.8) is 0 Å². The van der Waals surface area contributed by atoms with Crippen LogP contribution in [0.1, 0.15) is 40.0 Å². The molecule has 0 saturated carbocycles. The van der Waals surface area contributed by atoms with Gasteiger partial charge in [0.1, 0.15) is 0 Å². The molecule has 0 aliphatic carbocycles. The van der Waals surface area contributed by atoms with Gasteiger partial charge in [-0.2, -0.15) is 0 Å². The number of hydrogen-bond donors (Lipinski definition) is 0. The summed E-state index contributed by atoms with van der Waals surface area (Å²) in [6.07, 6.45) is 3.02. The van der Waals surface area contributed by atoms with Crippen LogP contribution in [0.15, 0.2) is 0 Å². The van der Waals surface area contributed by atoms with Gasteiger partial charge in [0.15, 0.2) is 6.29 Å². The van der Waals surface area contributed by atoms with Gasteiger partial charge in [0.25, 0.3) is 0 Å². The summed E-state index contributed by atoms with van der Waals surface area (Å²) in [6.45, 7) is 11.3. The van der Waals surface area contributed by atoms with Crippen molar-refractivity contribution < 1.29 is 18.9 Å². The summed E-state index contributed by atoms with van der Waals surface area (Å²) in [7, 11) is 0. The molecule has 2 fully saturated rings. The lowest BCUT2D eigenvalue weighted by molar-refractivity contribution is -0.235. The molecular formula is C15H28O4. The lowest BCUT2D eigenvalue weighted by Crippen LogP contribution is -2.48. The van der Waals surface area contributed by atoms with E-state index in [2.05, 4.69) is 20.8 Å². The number of ether oxygens (including phenoxy) is 4. The third-order valence-electron chi connectivity index (χ3n) is 4.62. The van der Waals surface area contributed by atoms with Gasteiger partial charge in [0, 0.05) is 10.8 Å². The van der Waals surface area contributed by atoms with Crippen LogP contribution in [0.3, 0.4) is 0 Å². The Labute approximate surface area is 116 Å². The predicted molar refractivity (Wildman–Crippen MR) is 73.1 cm³/mol. The van der Waals surface area contributed by atoms with Crippen molar-refractivity contribution in [3.05, 3.63) is 0 Å². The van der Waals surface area contributed by atoms with Crippen molar-refractivity contribution >= 4 is 0 Å². The second-order valence-electron chi connectivity index (χ2n) is 6.15. The minimum absolute atomic E-state index is 0.0898. The first-order chi connectivity index (χ1) is 9.17. The zero-order chi connectivity index (χ0) is 13.8.